The number of esters is 3. The molecular formula is C27H36O7. The first kappa shape index (κ1) is 25.9. The van der Waals surface area contributed by atoms with E-state index in [-0.39, 0.29) is 30.6 Å². The minimum atomic E-state index is -0.840. The van der Waals surface area contributed by atoms with Gasteiger partial charge in [0, 0.05) is 41.7 Å². The molecule has 7 heteroatoms. The molecule has 0 heterocycles. The molecule has 186 valence electrons. The van der Waals surface area contributed by atoms with Gasteiger partial charge in [0.2, 0.25) is 0 Å². The average Bonchev–Trinajstić information content (AvgIpc) is 2.83. The van der Waals surface area contributed by atoms with Gasteiger partial charge in [-0.05, 0) is 52.5 Å². The summed E-state index contributed by atoms with van der Waals surface area (Å²) in [7, 11) is 0. The van der Waals surface area contributed by atoms with E-state index in [1.54, 1.807) is 39.8 Å². The fourth-order valence-corrected chi connectivity index (χ4v) is 6.41. The molecule has 0 saturated heterocycles. The van der Waals surface area contributed by atoms with Crippen LogP contribution in [0.2, 0.25) is 0 Å². The van der Waals surface area contributed by atoms with Crippen molar-refractivity contribution in [2.75, 3.05) is 6.61 Å². The molecule has 3 aliphatic carbocycles. The monoisotopic (exact) mass is 472 g/mol. The predicted octanol–water partition coefficient (Wildman–Crippen LogP) is 4.11. The SMILES string of the molecule is CC=C(C)C(=O)OCC1(C)C(OC(C)=O)CC(OC(=O)C=C(C)C)C2(C)C3C(=O)C=C(C)C2C31. The summed E-state index contributed by atoms with van der Waals surface area (Å²) in [6, 6.07) is 0. The van der Waals surface area contributed by atoms with Crippen molar-refractivity contribution in [3.05, 3.63) is 34.9 Å². The first-order valence-corrected chi connectivity index (χ1v) is 11.8. The summed E-state index contributed by atoms with van der Waals surface area (Å²) in [5.74, 6) is -2.17. The molecule has 3 rings (SSSR count). The molecule has 2 fully saturated rings. The lowest BCUT2D eigenvalue weighted by atomic mass is 9.37. The van der Waals surface area contributed by atoms with Gasteiger partial charge in [0.25, 0.3) is 0 Å². The molecule has 7 atom stereocenters. The summed E-state index contributed by atoms with van der Waals surface area (Å²) in [6.45, 7) is 14.2. The highest BCUT2D eigenvalue weighted by Gasteiger charge is 2.75. The maximum absolute atomic E-state index is 13.3. The number of carbonyl (C=O) groups excluding carboxylic acids is 4. The molecule has 0 spiro atoms. The second-order valence-corrected chi connectivity index (χ2v) is 10.7. The third-order valence-electron chi connectivity index (χ3n) is 8.09. The topological polar surface area (TPSA) is 96.0 Å². The van der Waals surface area contributed by atoms with Crippen LogP contribution in [0.4, 0.5) is 0 Å². The fraction of sp³-hybridized carbons (Fsp3) is 0.630. The number of carbonyl (C=O) groups is 4. The Morgan fingerprint density at radius 3 is 2.24 bits per heavy atom. The van der Waals surface area contributed by atoms with E-state index in [9.17, 15) is 19.2 Å². The van der Waals surface area contributed by atoms with E-state index in [4.69, 9.17) is 14.2 Å². The first-order valence-electron chi connectivity index (χ1n) is 11.8. The van der Waals surface area contributed by atoms with Gasteiger partial charge in [-0.15, -0.1) is 0 Å². The summed E-state index contributed by atoms with van der Waals surface area (Å²) < 4.78 is 17.4. The molecule has 34 heavy (non-hydrogen) atoms. The Balaban J connectivity index is 2.09. The van der Waals surface area contributed by atoms with Gasteiger partial charge < -0.3 is 14.2 Å². The van der Waals surface area contributed by atoms with E-state index in [1.165, 1.54) is 13.0 Å². The van der Waals surface area contributed by atoms with Crippen molar-refractivity contribution in [1.82, 2.24) is 0 Å². The highest BCUT2D eigenvalue weighted by molar-refractivity contribution is 5.97. The number of hydrogen-bond acceptors (Lipinski definition) is 7. The van der Waals surface area contributed by atoms with Crippen LogP contribution in [0.1, 0.15) is 61.8 Å². The Labute approximate surface area is 201 Å². The second-order valence-electron chi connectivity index (χ2n) is 10.7. The molecule has 0 aromatic rings. The van der Waals surface area contributed by atoms with Crippen LogP contribution >= 0.6 is 0 Å². The van der Waals surface area contributed by atoms with Crippen molar-refractivity contribution in [2.45, 2.75) is 74.0 Å². The lowest BCUT2D eigenvalue weighted by Crippen LogP contribution is -2.68. The van der Waals surface area contributed by atoms with Crippen LogP contribution in [0.15, 0.2) is 34.9 Å². The zero-order chi connectivity index (χ0) is 25.6. The van der Waals surface area contributed by atoms with E-state index in [1.807, 2.05) is 20.8 Å². The van der Waals surface area contributed by atoms with Crippen molar-refractivity contribution in [2.24, 2.45) is 28.6 Å². The van der Waals surface area contributed by atoms with E-state index >= 15 is 0 Å². The lowest BCUT2D eigenvalue weighted by Gasteiger charge is -2.65. The Hall–Kier alpha value is -2.70. The Kier molecular flexibility index (Phi) is 6.98. The quantitative estimate of drug-likeness (QED) is 0.326. The summed E-state index contributed by atoms with van der Waals surface area (Å²) in [5.41, 5.74) is 0.711. The van der Waals surface area contributed by atoms with E-state index in [2.05, 4.69) is 0 Å². The fourth-order valence-electron chi connectivity index (χ4n) is 6.41. The average molecular weight is 473 g/mol. The number of rotatable bonds is 6. The van der Waals surface area contributed by atoms with Crippen LogP contribution < -0.4 is 0 Å². The predicted molar refractivity (Wildman–Crippen MR) is 125 cm³/mol. The number of fused-ring (bicyclic) bond motifs is 1. The molecule has 7 nitrogen and oxygen atoms in total. The van der Waals surface area contributed by atoms with Gasteiger partial charge in [-0.2, -0.15) is 0 Å². The molecular weight excluding hydrogens is 436 g/mol. The van der Waals surface area contributed by atoms with Crippen molar-refractivity contribution in [1.29, 1.82) is 0 Å². The molecule has 0 aromatic carbocycles. The van der Waals surface area contributed by atoms with E-state index in [0.717, 1.165) is 11.1 Å². The van der Waals surface area contributed by atoms with Gasteiger partial charge in [-0.25, -0.2) is 9.59 Å². The largest absolute Gasteiger partial charge is 0.462 e. The number of ether oxygens (including phenoxy) is 3. The van der Waals surface area contributed by atoms with Crippen LogP contribution in [0.3, 0.4) is 0 Å². The van der Waals surface area contributed by atoms with Crippen LogP contribution in [-0.4, -0.2) is 42.5 Å². The van der Waals surface area contributed by atoms with E-state index in [0.29, 0.717) is 5.57 Å². The zero-order valence-electron chi connectivity index (χ0n) is 21.4. The van der Waals surface area contributed by atoms with Gasteiger partial charge in [0.1, 0.15) is 18.8 Å². The molecule has 7 unspecified atom stereocenters. The maximum Gasteiger partial charge on any atom is 0.333 e. The smallest absolute Gasteiger partial charge is 0.333 e. The van der Waals surface area contributed by atoms with Gasteiger partial charge >= 0.3 is 17.9 Å². The highest BCUT2D eigenvalue weighted by atomic mass is 16.6. The van der Waals surface area contributed by atoms with Crippen LogP contribution in [0.5, 0.6) is 0 Å². The Bertz CT molecular complexity index is 998. The highest BCUT2D eigenvalue weighted by Crippen LogP contribution is 2.72. The molecule has 0 amide bonds. The molecule has 0 aliphatic heterocycles. The molecule has 2 saturated carbocycles. The van der Waals surface area contributed by atoms with Crippen LogP contribution in [-0.2, 0) is 33.4 Å². The summed E-state index contributed by atoms with van der Waals surface area (Å²) >= 11 is 0. The Morgan fingerprint density at radius 2 is 1.71 bits per heavy atom. The van der Waals surface area contributed by atoms with Crippen molar-refractivity contribution >= 4 is 23.7 Å². The summed E-state index contributed by atoms with van der Waals surface area (Å²) in [6.07, 6.45) is 3.64. The minimum absolute atomic E-state index is 0.0160. The van der Waals surface area contributed by atoms with Crippen molar-refractivity contribution < 1.29 is 33.4 Å². The van der Waals surface area contributed by atoms with Crippen molar-refractivity contribution in [3.63, 3.8) is 0 Å². The minimum Gasteiger partial charge on any atom is -0.462 e. The number of hydrogen-bond donors (Lipinski definition) is 0. The standard InChI is InChI=1S/C27H36O7/c1-9-15(4)25(31)32-13-26(7)19(33-17(6)28)12-20(34-21(30)10-14(2)3)27(8)22-16(5)11-18(29)23(27)24(22)26/h9-11,19-20,22-24H,12-13H2,1-8H3. The molecule has 4 bridgehead atoms. The third-order valence-corrected chi connectivity index (χ3v) is 8.09. The van der Waals surface area contributed by atoms with Crippen LogP contribution in [0.25, 0.3) is 0 Å². The van der Waals surface area contributed by atoms with E-state index < -0.39 is 46.9 Å². The number of ketones is 1. The first-order chi connectivity index (χ1) is 15.8. The van der Waals surface area contributed by atoms with Gasteiger partial charge in [0.05, 0.1) is 0 Å². The molecule has 0 N–H and O–H groups in total. The molecule has 0 radical (unpaired) electrons. The lowest BCUT2D eigenvalue weighted by molar-refractivity contribution is -0.210. The zero-order valence-corrected chi connectivity index (χ0v) is 21.4. The second kappa shape index (κ2) is 9.16. The third kappa shape index (κ3) is 4.14. The Morgan fingerprint density at radius 1 is 1.06 bits per heavy atom. The number of allylic oxidation sites excluding steroid dienone is 4. The van der Waals surface area contributed by atoms with Gasteiger partial charge in [0.15, 0.2) is 5.78 Å². The molecule has 3 aliphatic rings. The maximum atomic E-state index is 13.3. The van der Waals surface area contributed by atoms with Crippen molar-refractivity contribution in [3.8, 4) is 0 Å². The van der Waals surface area contributed by atoms with Gasteiger partial charge in [-0.3, -0.25) is 9.59 Å². The molecule has 0 aromatic heterocycles. The summed E-state index contributed by atoms with van der Waals surface area (Å²) in [5, 5.41) is 0. The van der Waals surface area contributed by atoms with Crippen LogP contribution in [0, 0.1) is 28.6 Å². The van der Waals surface area contributed by atoms with Gasteiger partial charge in [-0.1, -0.05) is 31.1 Å². The normalized spacial score (nSPS) is 36.4. The summed E-state index contributed by atoms with van der Waals surface area (Å²) in [4.78, 5) is 50.5.